The van der Waals surface area contributed by atoms with Crippen LogP contribution in [0.1, 0.15) is 159 Å². The van der Waals surface area contributed by atoms with Gasteiger partial charge < -0.3 is 24.5 Å². The number of benzene rings is 2. The maximum atomic E-state index is 13.8. The number of ether oxygens (including phenoxy) is 1. The SMILES string of the molecule is CC1CCCCN1c1nnc2ccc(OC3CCC(CCCC(=O)Nc4cc(C(C)(C)C)nn4-c4cc(CO)c5c(c4)C(C)[Si](C(C)C)(C(C)C)O5)c4ccccc43)cn12. The zero-order valence-electron chi connectivity index (χ0n) is 37.2. The number of carbonyl (C=O) groups is 1. The molecular formula is C48H65N7O4Si. The topological polar surface area (TPSA) is 119 Å². The van der Waals surface area contributed by atoms with Gasteiger partial charge in [-0.2, -0.15) is 5.10 Å². The van der Waals surface area contributed by atoms with Gasteiger partial charge in [0.05, 0.1) is 24.2 Å². The van der Waals surface area contributed by atoms with Crippen molar-refractivity contribution in [1.82, 2.24) is 24.4 Å². The van der Waals surface area contributed by atoms with E-state index in [0.717, 1.165) is 84.3 Å². The Kier molecular flexibility index (Phi) is 11.7. The van der Waals surface area contributed by atoms with Crippen molar-refractivity contribution in [2.45, 2.75) is 160 Å². The van der Waals surface area contributed by atoms with Crippen LogP contribution < -0.4 is 19.4 Å². The fourth-order valence-electron chi connectivity index (χ4n) is 10.5. The van der Waals surface area contributed by atoms with E-state index < -0.39 is 8.32 Å². The molecule has 60 heavy (non-hydrogen) atoms. The number of amides is 1. The number of nitrogens with one attached hydrogen (secondary N) is 1. The van der Waals surface area contributed by atoms with Crippen LogP contribution in [0.5, 0.6) is 11.5 Å². The first kappa shape index (κ1) is 42.0. The Hall–Kier alpha value is -4.68. The van der Waals surface area contributed by atoms with E-state index in [-0.39, 0.29) is 29.6 Å². The minimum Gasteiger partial charge on any atom is -0.542 e. The van der Waals surface area contributed by atoms with Crippen molar-refractivity contribution in [3.63, 3.8) is 0 Å². The fourth-order valence-corrected chi connectivity index (χ4v) is 15.8. The zero-order chi connectivity index (χ0) is 42.5. The van der Waals surface area contributed by atoms with Crippen LogP contribution in [0.4, 0.5) is 11.8 Å². The normalized spacial score (nSPS) is 21.3. The molecular weight excluding hydrogens is 767 g/mol. The molecule has 0 bridgehead atoms. The molecule has 3 aliphatic rings. The van der Waals surface area contributed by atoms with E-state index >= 15 is 0 Å². The molecule has 1 aliphatic carbocycles. The summed E-state index contributed by atoms with van der Waals surface area (Å²) >= 11 is 0. The van der Waals surface area contributed by atoms with Crippen LogP contribution in [0.3, 0.4) is 0 Å². The number of hydrogen-bond donors (Lipinski definition) is 2. The van der Waals surface area contributed by atoms with Crippen molar-refractivity contribution in [2.24, 2.45) is 0 Å². The Balaban J connectivity index is 0.958. The standard InChI is InChI=1S/C48H65N7O4Si/c1-30(2)60(31(3)4)33(6)40-26-36(25-35(29-56)46(40)59-60)55-44(27-42(52-55)48(7,8)9)49-45(57)19-14-16-34-20-22-41(39-18-11-10-17-38(34)39)58-37-21-23-43-50-51-47(54(43)28-37)53-24-13-12-15-32(53)5/h10-11,17-18,21,23,25-28,30-34,41,56H,12-16,19-20,22,24,29H2,1-9H3,(H,49,57). The highest BCUT2D eigenvalue weighted by atomic mass is 28.4. The number of aromatic nitrogens is 5. The summed E-state index contributed by atoms with van der Waals surface area (Å²) in [5.74, 6) is 3.49. The Labute approximate surface area is 357 Å². The molecule has 5 heterocycles. The van der Waals surface area contributed by atoms with E-state index in [0.29, 0.717) is 35.3 Å². The van der Waals surface area contributed by atoms with Gasteiger partial charge in [-0.3, -0.25) is 9.20 Å². The third-order valence-corrected chi connectivity index (χ3v) is 19.6. The van der Waals surface area contributed by atoms with Crippen molar-refractivity contribution in [3.05, 3.63) is 88.7 Å². The first-order chi connectivity index (χ1) is 28.7. The van der Waals surface area contributed by atoms with E-state index in [1.807, 2.05) is 35.1 Å². The molecule has 0 saturated carbocycles. The van der Waals surface area contributed by atoms with Gasteiger partial charge in [0.15, 0.2) is 5.65 Å². The minimum atomic E-state index is -2.24. The Bertz CT molecular complexity index is 2340. The predicted molar refractivity (Wildman–Crippen MR) is 241 cm³/mol. The first-order valence-electron chi connectivity index (χ1n) is 22.4. The molecule has 2 N–H and O–H groups in total. The second kappa shape index (κ2) is 16.6. The average molecular weight is 832 g/mol. The number of rotatable bonds is 12. The van der Waals surface area contributed by atoms with Gasteiger partial charge >= 0.3 is 0 Å². The van der Waals surface area contributed by atoms with Crippen LogP contribution >= 0.6 is 0 Å². The number of aliphatic hydroxyl groups excluding tert-OH is 1. The summed E-state index contributed by atoms with van der Waals surface area (Å²) in [6.45, 7) is 20.9. The van der Waals surface area contributed by atoms with Crippen LogP contribution in [0.2, 0.25) is 11.1 Å². The van der Waals surface area contributed by atoms with Gasteiger partial charge in [0.1, 0.15) is 23.4 Å². The molecule has 4 atom stereocenters. The van der Waals surface area contributed by atoms with Crippen molar-refractivity contribution >= 4 is 31.6 Å². The molecule has 2 aromatic carbocycles. The van der Waals surface area contributed by atoms with Crippen LogP contribution in [0, 0.1) is 0 Å². The number of nitrogens with zero attached hydrogens (tertiary/aromatic N) is 6. The minimum absolute atomic E-state index is 0.0316. The summed E-state index contributed by atoms with van der Waals surface area (Å²) in [6.07, 6.45) is 9.54. The highest BCUT2D eigenvalue weighted by Gasteiger charge is 2.55. The maximum Gasteiger partial charge on any atom is 0.263 e. The van der Waals surface area contributed by atoms with Crippen LogP contribution in [0.25, 0.3) is 11.3 Å². The largest absolute Gasteiger partial charge is 0.542 e. The van der Waals surface area contributed by atoms with Gasteiger partial charge in [0, 0.05) is 41.6 Å². The highest BCUT2D eigenvalue weighted by Crippen LogP contribution is 2.54. The Morgan fingerprint density at radius 2 is 1.73 bits per heavy atom. The summed E-state index contributed by atoms with van der Waals surface area (Å²) in [5.41, 5.74) is 7.79. The smallest absolute Gasteiger partial charge is 0.263 e. The van der Waals surface area contributed by atoms with Gasteiger partial charge in [-0.15, -0.1) is 10.2 Å². The molecule has 3 aromatic heterocycles. The molecule has 11 nitrogen and oxygen atoms in total. The van der Waals surface area contributed by atoms with Crippen molar-refractivity contribution in [3.8, 4) is 17.2 Å². The predicted octanol–water partition coefficient (Wildman–Crippen LogP) is 10.7. The van der Waals surface area contributed by atoms with Crippen molar-refractivity contribution < 1.29 is 19.1 Å². The van der Waals surface area contributed by atoms with E-state index in [1.54, 1.807) is 0 Å². The molecule has 1 saturated heterocycles. The molecule has 2 aliphatic heterocycles. The van der Waals surface area contributed by atoms with E-state index in [2.05, 4.69) is 117 Å². The van der Waals surface area contributed by atoms with Crippen molar-refractivity contribution in [1.29, 1.82) is 0 Å². The van der Waals surface area contributed by atoms with E-state index in [9.17, 15) is 9.90 Å². The van der Waals surface area contributed by atoms with Gasteiger partial charge in [0.25, 0.3) is 8.32 Å². The van der Waals surface area contributed by atoms with Crippen LogP contribution in [-0.2, 0) is 16.8 Å². The van der Waals surface area contributed by atoms with Crippen molar-refractivity contribution in [2.75, 3.05) is 16.8 Å². The second-order valence-electron chi connectivity index (χ2n) is 19.3. The van der Waals surface area contributed by atoms with Crippen LogP contribution in [-0.4, -0.2) is 56.3 Å². The molecule has 4 unspecified atom stereocenters. The molecule has 1 amide bonds. The third-order valence-electron chi connectivity index (χ3n) is 13.8. The number of anilines is 2. The number of piperidine rings is 1. The van der Waals surface area contributed by atoms with E-state index in [1.165, 1.54) is 24.0 Å². The molecule has 320 valence electrons. The molecule has 5 aromatic rings. The lowest BCUT2D eigenvalue weighted by atomic mass is 9.79. The summed E-state index contributed by atoms with van der Waals surface area (Å²) < 4.78 is 17.6. The van der Waals surface area contributed by atoms with Crippen LogP contribution in [0.15, 0.2) is 60.8 Å². The maximum absolute atomic E-state index is 13.8. The van der Waals surface area contributed by atoms with Gasteiger partial charge in [0.2, 0.25) is 11.9 Å². The third kappa shape index (κ3) is 7.74. The monoisotopic (exact) mass is 831 g/mol. The first-order valence-corrected chi connectivity index (χ1v) is 24.6. The second-order valence-corrected chi connectivity index (χ2v) is 24.4. The molecule has 12 heteroatoms. The Morgan fingerprint density at radius 3 is 2.45 bits per heavy atom. The molecule has 0 radical (unpaired) electrons. The summed E-state index contributed by atoms with van der Waals surface area (Å²) in [6, 6.07) is 19.2. The molecule has 8 rings (SSSR count). The summed E-state index contributed by atoms with van der Waals surface area (Å²) in [4.78, 5) is 16.1. The van der Waals surface area contributed by atoms with E-state index in [4.69, 9.17) is 14.3 Å². The number of aliphatic hydroxyl groups is 1. The lowest BCUT2D eigenvalue weighted by Gasteiger charge is -2.37. The average Bonchev–Trinajstić information content (AvgIpc) is 3.93. The molecule has 0 spiro atoms. The number of pyridine rings is 1. The van der Waals surface area contributed by atoms with Gasteiger partial charge in [-0.1, -0.05) is 79.7 Å². The number of hydrogen-bond acceptors (Lipinski definition) is 8. The zero-order valence-corrected chi connectivity index (χ0v) is 38.2. The summed E-state index contributed by atoms with van der Waals surface area (Å²) in [5, 5.41) is 27.9. The molecule has 1 fully saturated rings. The fraction of sp³-hybridized carbons (Fsp3) is 0.542. The number of carbonyl (C=O) groups excluding carboxylic acids is 1. The Morgan fingerprint density at radius 1 is 0.967 bits per heavy atom. The van der Waals surface area contributed by atoms with Gasteiger partial charge in [-0.25, -0.2) is 4.68 Å². The van der Waals surface area contributed by atoms with Gasteiger partial charge in [-0.05, 0) is 110 Å². The summed E-state index contributed by atoms with van der Waals surface area (Å²) in [7, 11) is -2.24. The quantitative estimate of drug-likeness (QED) is 0.119. The number of fused-ring (bicyclic) bond motifs is 3. The lowest BCUT2D eigenvalue weighted by Crippen LogP contribution is -2.49. The lowest BCUT2D eigenvalue weighted by molar-refractivity contribution is -0.116. The highest BCUT2D eigenvalue weighted by molar-refractivity contribution is 6.79.